The van der Waals surface area contributed by atoms with Crippen LogP contribution in [-0.2, 0) is 23.7 Å². The zero-order valence-electron chi connectivity index (χ0n) is 48.2. The van der Waals surface area contributed by atoms with Crippen molar-refractivity contribution in [3.63, 3.8) is 0 Å². The largest absolute Gasteiger partial charge is 0.394 e. The molecule has 2 aliphatic rings. The number of aliphatic hydroxyl groups is 8. The average Bonchev–Trinajstić information content (AvgIpc) is 3.43. The maximum Gasteiger partial charge on any atom is 0.220 e. The summed E-state index contributed by atoms with van der Waals surface area (Å²) in [6, 6.07) is -0.932. The fourth-order valence-corrected chi connectivity index (χ4v) is 9.90. The number of aliphatic hydroxyl groups excluding tert-OH is 8. The van der Waals surface area contributed by atoms with Crippen LogP contribution in [0.5, 0.6) is 0 Å². The number of allylic oxidation sites excluding steroid dienone is 9. The molecule has 2 aliphatic heterocycles. The molecular formula is C63H113NO13. The molecule has 0 aromatic rings. The Balaban J connectivity index is 1.66. The fourth-order valence-electron chi connectivity index (χ4n) is 9.90. The lowest BCUT2D eigenvalue weighted by Gasteiger charge is -2.46. The first kappa shape index (κ1) is 70.8. The number of unbranched alkanes of at least 4 members (excludes halogenated alkanes) is 28. The van der Waals surface area contributed by atoms with Crippen LogP contribution in [0.2, 0.25) is 0 Å². The Morgan fingerprint density at radius 3 is 1.36 bits per heavy atom. The van der Waals surface area contributed by atoms with Crippen LogP contribution in [0.4, 0.5) is 0 Å². The molecule has 2 heterocycles. The Labute approximate surface area is 466 Å². The number of hydrogen-bond donors (Lipinski definition) is 9. The van der Waals surface area contributed by atoms with Crippen molar-refractivity contribution in [3.8, 4) is 0 Å². The molecule has 0 aromatic carbocycles. The van der Waals surface area contributed by atoms with E-state index in [9.17, 15) is 45.6 Å². The molecule has 0 radical (unpaired) electrons. The topological polar surface area (TPSA) is 228 Å². The number of carbonyl (C=O) groups excluding carboxylic acids is 1. The Kier molecular flexibility index (Phi) is 44.5. The number of ether oxygens (including phenoxy) is 4. The van der Waals surface area contributed by atoms with Crippen molar-refractivity contribution in [2.75, 3.05) is 19.8 Å². The van der Waals surface area contributed by atoms with Gasteiger partial charge in [0.1, 0.15) is 48.8 Å². The van der Waals surface area contributed by atoms with E-state index in [0.717, 1.165) is 44.9 Å². The van der Waals surface area contributed by atoms with Gasteiger partial charge in [0.2, 0.25) is 5.91 Å². The highest BCUT2D eigenvalue weighted by Gasteiger charge is 2.51. The fraction of sp³-hybridized carbons (Fsp3) is 0.825. The van der Waals surface area contributed by atoms with Crippen LogP contribution in [-0.4, -0.2) is 140 Å². The second kappa shape index (κ2) is 48.4. The van der Waals surface area contributed by atoms with Crippen molar-refractivity contribution >= 4 is 5.91 Å². The van der Waals surface area contributed by atoms with Crippen LogP contribution in [0, 0.1) is 0 Å². The molecule has 12 unspecified atom stereocenters. The van der Waals surface area contributed by atoms with Crippen LogP contribution >= 0.6 is 0 Å². The van der Waals surface area contributed by atoms with Gasteiger partial charge in [0, 0.05) is 6.42 Å². The van der Waals surface area contributed by atoms with E-state index >= 15 is 0 Å². The van der Waals surface area contributed by atoms with Crippen LogP contribution in [0.1, 0.15) is 239 Å². The minimum absolute atomic E-state index is 0.251. The highest BCUT2D eigenvalue weighted by atomic mass is 16.7. The molecule has 0 saturated carbocycles. The van der Waals surface area contributed by atoms with E-state index in [4.69, 9.17) is 18.9 Å². The highest BCUT2D eigenvalue weighted by Crippen LogP contribution is 2.30. The molecule has 77 heavy (non-hydrogen) atoms. The maximum atomic E-state index is 13.2. The van der Waals surface area contributed by atoms with Gasteiger partial charge in [-0.3, -0.25) is 4.79 Å². The minimum atomic E-state index is -1.79. The molecular weight excluding hydrogens is 979 g/mol. The smallest absolute Gasteiger partial charge is 0.220 e. The molecule has 2 saturated heterocycles. The maximum absolute atomic E-state index is 13.2. The normalized spacial score (nSPS) is 25.1. The summed E-state index contributed by atoms with van der Waals surface area (Å²) in [6.45, 7) is 2.75. The van der Waals surface area contributed by atoms with Gasteiger partial charge in [0.15, 0.2) is 12.6 Å². The monoisotopic (exact) mass is 1090 g/mol. The molecule has 2 rings (SSSR count). The summed E-state index contributed by atoms with van der Waals surface area (Å²) in [7, 11) is 0. The Hall–Kier alpha value is -2.31. The zero-order valence-corrected chi connectivity index (χ0v) is 48.2. The second-order valence-electron chi connectivity index (χ2n) is 21.8. The van der Waals surface area contributed by atoms with E-state index in [1.165, 1.54) is 161 Å². The summed E-state index contributed by atoms with van der Waals surface area (Å²) >= 11 is 0. The van der Waals surface area contributed by atoms with E-state index < -0.39 is 86.8 Å². The number of amides is 1. The lowest BCUT2D eigenvalue weighted by Crippen LogP contribution is -2.65. The van der Waals surface area contributed by atoms with Crippen molar-refractivity contribution in [1.82, 2.24) is 5.32 Å². The molecule has 12 atom stereocenters. The van der Waals surface area contributed by atoms with Gasteiger partial charge in [-0.2, -0.15) is 0 Å². The third-order valence-electron chi connectivity index (χ3n) is 14.9. The third-order valence-corrected chi connectivity index (χ3v) is 14.9. The first-order chi connectivity index (χ1) is 37.6. The van der Waals surface area contributed by atoms with Gasteiger partial charge in [-0.25, -0.2) is 0 Å². The van der Waals surface area contributed by atoms with Gasteiger partial charge < -0.3 is 65.1 Å². The van der Waals surface area contributed by atoms with Gasteiger partial charge in [-0.05, 0) is 70.6 Å². The standard InChI is InChI=1S/C63H113NO13/c1-3-5-7-9-11-13-15-17-18-19-20-21-22-23-24-25-26-27-28-29-30-31-32-33-34-35-37-39-41-43-45-47-55(68)64-51(52(67)46-44-42-40-38-36-16-14-12-10-8-6-4-2)50-74-62-60(73)58(71)61(54(49-66)76-62)77-63-59(72)57(70)56(69)53(48-65)75-63/h15,17,19-20,22-23,36,38,44,46,51-54,56-63,65-67,69-73H,3-14,16,18,21,24-35,37,39-43,45,47-50H2,1-2H3,(H,64,68)/b17-15-,20-19-,23-22-,38-36+,46-44+. The summed E-state index contributed by atoms with van der Waals surface area (Å²) in [4.78, 5) is 13.2. The Morgan fingerprint density at radius 2 is 0.870 bits per heavy atom. The van der Waals surface area contributed by atoms with E-state index in [0.29, 0.717) is 12.8 Å². The molecule has 14 nitrogen and oxygen atoms in total. The predicted molar refractivity (Wildman–Crippen MR) is 309 cm³/mol. The lowest BCUT2D eigenvalue weighted by atomic mass is 9.97. The quantitative estimate of drug-likeness (QED) is 0.0204. The predicted octanol–water partition coefficient (Wildman–Crippen LogP) is 10.9. The van der Waals surface area contributed by atoms with Crippen LogP contribution in [0.15, 0.2) is 60.8 Å². The van der Waals surface area contributed by atoms with Gasteiger partial charge in [0.25, 0.3) is 0 Å². The molecule has 0 aliphatic carbocycles. The van der Waals surface area contributed by atoms with E-state index in [-0.39, 0.29) is 18.9 Å². The molecule has 0 spiro atoms. The highest BCUT2D eigenvalue weighted by molar-refractivity contribution is 5.76. The van der Waals surface area contributed by atoms with Gasteiger partial charge in [-0.1, -0.05) is 222 Å². The average molecular weight is 1090 g/mol. The number of nitrogens with one attached hydrogen (secondary N) is 1. The summed E-state index contributed by atoms with van der Waals surface area (Å²) in [5, 5.41) is 86.9. The summed E-state index contributed by atoms with van der Waals surface area (Å²) in [6.07, 6.45) is 45.7. The summed E-state index contributed by atoms with van der Waals surface area (Å²) in [5.74, 6) is -0.251. The summed E-state index contributed by atoms with van der Waals surface area (Å²) < 4.78 is 22.7. The van der Waals surface area contributed by atoms with Gasteiger partial charge in [0.05, 0.1) is 32.0 Å². The van der Waals surface area contributed by atoms with E-state index in [1.807, 2.05) is 6.08 Å². The second-order valence-corrected chi connectivity index (χ2v) is 21.8. The molecule has 14 heteroatoms. The van der Waals surface area contributed by atoms with Crippen LogP contribution in [0.25, 0.3) is 0 Å². The Morgan fingerprint density at radius 1 is 0.468 bits per heavy atom. The van der Waals surface area contributed by atoms with Crippen molar-refractivity contribution < 1.29 is 64.6 Å². The van der Waals surface area contributed by atoms with Crippen LogP contribution in [0.3, 0.4) is 0 Å². The molecule has 1 amide bonds. The molecule has 448 valence electrons. The molecule has 9 N–H and O–H groups in total. The minimum Gasteiger partial charge on any atom is -0.394 e. The molecule has 0 aromatic heterocycles. The molecule has 2 fully saturated rings. The lowest BCUT2D eigenvalue weighted by molar-refractivity contribution is -0.359. The third kappa shape index (κ3) is 33.9. The van der Waals surface area contributed by atoms with Crippen molar-refractivity contribution in [3.05, 3.63) is 60.8 Å². The number of rotatable bonds is 49. The van der Waals surface area contributed by atoms with Crippen molar-refractivity contribution in [1.29, 1.82) is 0 Å². The first-order valence-electron chi connectivity index (χ1n) is 31.0. The number of carbonyl (C=O) groups is 1. The van der Waals surface area contributed by atoms with Crippen molar-refractivity contribution in [2.45, 2.75) is 312 Å². The van der Waals surface area contributed by atoms with Gasteiger partial charge >= 0.3 is 0 Å². The summed E-state index contributed by atoms with van der Waals surface area (Å²) in [5.41, 5.74) is 0. The van der Waals surface area contributed by atoms with E-state index in [2.05, 4.69) is 67.8 Å². The van der Waals surface area contributed by atoms with Crippen LogP contribution < -0.4 is 5.32 Å². The first-order valence-corrected chi connectivity index (χ1v) is 31.0. The Bertz CT molecular complexity index is 1520. The van der Waals surface area contributed by atoms with Crippen molar-refractivity contribution in [2.24, 2.45) is 0 Å². The SMILES string of the molecule is CCCCCCC/C=C\C/C=C\C/C=C\CCCCCCCCCCCCCCCCCCC(=O)NC(COC1OC(CO)C(OC2OC(CO)C(O)C(O)C2O)C(O)C1O)C(O)/C=C/CC/C=C/CCCCCCCC. The zero-order chi connectivity index (χ0) is 56.0. The molecule has 0 bridgehead atoms. The number of hydrogen-bond acceptors (Lipinski definition) is 13. The van der Waals surface area contributed by atoms with E-state index in [1.54, 1.807) is 6.08 Å². The van der Waals surface area contributed by atoms with Gasteiger partial charge in [-0.15, -0.1) is 0 Å².